The van der Waals surface area contributed by atoms with Crippen LogP contribution in [0.3, 0.4) is 0 Å². The minimum absolute atomic E-state index is 0.109. The molecule has 2 aromatic rings. The Morgan fingerprint density at radius 1 is 1.14 bits per heavy atom. The number of amides is 1. The van der Waals surface area contributed by atoms with E-state index < -0.39 is 5.69 Å². The van der Waals surface area contributed by atoms with Gasteiger partial charge >= 0.3 is 5.69 Å². The van der Waals surface area contributed by atoms with Gasteiger partial charge in [0, 0.05) is 51.9 Å². The van der Waals surface area contributed by atoms with Crippen molar-refractivity contribution in [3.05, 3.63) is 38.7 Å². The third kappa shape index (κ3) is 3.35. The number of carbonyl (C=O) groups is 1. The van der Waals surface area contributed by atoms with E-state index in [0.29, 0.717) is 43.9 Å². The monoisotopic (exact) mass is 387 g/mol. The molecule has 0 aromatic carbocycles. The molecule has 0 radical (unpaired) electrons. The number of hydrogen-bond acceptors (Lipinski definition) is 6. The zero-order chi connectivity index (χ0) is 19.8. The molecule has 9 nitrogen and oxygen atoms in total. The second-order valence-electron chi connectivity index (χ2n) is 7.53. The number of morpholine rings is 1. The molecule has 0 aliphatic carbocycles. The summed E-state index contributed by atoms with van der Waals surface area (Å²) in [4.78, 5) is 45.7. The third-order valence-electron chi connectivity index (χ3n) is 5.75. The zero-order valence-electron chi connectivity index (χ0n) is 16.3. The maximum absolute atomic E-state index is 12.6. The first-order valence-electron chi connectivity index (χ1n) is 9.60. The maximum atomic E-state index is 12.6. The molecule has 2 fully saturated rings. The van der Waals surface area contributed by atoms with Crippen LogP contribution in [0, 0.1) is 0 Å². The van der Waals surface area contributed by atoms with Crippen LogP contribution in [0.1, 0.15) is 18.0 Å². The topological polar surface area (TPSA) is 89.7 Å². The Morgan fingerprint density at radius 3 is 2.64 bits per heavy atom. The van der Waals surface area contributed by atoms with E-state index in [2.05, 4.69) is 9.88 Å². The van der Waals surface area contributed by atoms with Crippen LogP contribution in [0.2, 0.25) is 0 Å². The summed E-state index contributed by atoms with van der Waals surface area (Å²) in [6, 6.07) is 3.58. The van der Waals surface area contributed by atoms with Gasteiger partial charge in [-0.1, -0.05) is 0 Å². The van der Waals surface area contributed by atoms with Crippen LogP contribution >= 0.6 is 0 Å². The highest BCUT2D eigenvalue weighted by Gasteiger charge is 2.29. The highest BCUT2D eigenvalue weighted by Crippen LogP contribution is 2.26. The molecule has 1 atom stereocenters. The first-order valence-corrected chi connectivity index (χ1v) is 9.60. The van der Waals surface area contributed by atoms with E-state index in [1.165, 1.54) is 11.6 Å². The summed E-state index contributed by atoms with van der Waals surface area (Å²) >= 11 is 0. The van der Waals surface area contributed by atoms with Gasteiger partial charge in [-0.3, -0.25) is 23.6 Å². The molecule has 4 rings (SSSR count). The lowest BCUT2D eigenvalue weighted by molar-refractivity contribution is -0.132. The molecule has 2 saturated heterocycles. The number of nitrogens with zero attached hydrogens (tertiary/aromatic N) is 5. The van der Waals surface area contributed by atoms with Gasteiger partial charge in [-0.2, -0.15) is 0 Å². The van der Waals surface area contributed by atoms with Gasteiger partial charge in [0.05, 0.1) is 25.1 Å². The van der Waals surface area contributed by atoms with Gasteiger partial charge < -0.3 is 9.64 Å². The summed E-state index contributed by atoms with van der Waals surface area (Å²) in [5, 5.41) is 0.423. The number of ether oxygens (including phenoxy) is 1. The van der Waals surface area contributed by atoms with Crippen LogP contribution in [0.5, 0.6) is 0 Å². The Kier molecular flexibility index (Phi) is 5.03. The van der Waals surface area contributed by atoms with Crippen molar-refractivity contribution in [3.8, 4) is 0 Å². The summed E-state index contributed by atoms with van der Waals surface area (Å²) in [5.41, 5.74) is 0.475. The van der Waals surface area contributed by atoms with Crippen molar-refractivity contribution in [2.45, 2.75) is 12.3 Å². The van der Waals surface area contributed by atoms with Crippen LogP contribution in [0.15, 0.2) is 21.7 Å². The quantitative estimate of drug-likeness (QED) is 0.691. The molecule has 0 spiro atoms. The highest BCUT2D eigenvalue weighted by atomic mass is 16.5. The summed E-state index contributed by atoms with van der Waals surface area (Å²) in [6.45, 7) is 4.66. The highest BCUT2D eigenvalue weighted by molar-refractivity contribution is 5.79. The summed E-state index contributed by atoms with van der Waals surface area (Å²) in [7, 11) is 3.08. The first kappa shape index (κ1) is 18.8. The molecular weight excluding hydrogens is 362 g/mol. The van der Waals surface area contributed by atoms with E-state index in [9.17, 15) is 14.4 Å². The number of pyridine rings is 1. The van der Waals surface area contributed by atoms with E-state index in [0.717, 1.165) is 29.8 Å². The lowest BCUT2D eigenvalue weighted by atomic mass is 10.0. The van der Waals surface area contributed by atoms with Gasteiger partial charge in [0.1, 0.15) is 5.65 Å². The lowest BCUT2D eigenvalue weighted by Crippen LogP contribution is -2.44. The zero-order valence-corrected chi connectivity index (χ0v) is 16.3. The Bertz CT molecular complexity index is 1020. The largest absolute Gasteiger partial charge is 0.379 e. The number of carbonyl (C=O) groups excluding carboxylic acids is 1. The van der Waals surface area contributed by atoms with Gasteiger partial charge in [-0.05, 0) is 18.6 Å². The normalized spacial score (nSPS) is 20.8. The van der Waals surface area contributed by atoms with E-state index in [1.54, 1.807) is 13.1 Å². The Labute approximate surface area is 162 Å². The average molecular weight is 387 g/mol. The van der Waals surface area contributed by atoms with Gasteiger partial charge in [0.2, 0.25) is 5.91 Å². The number of aryl methyl sites for hydroxylation is 1. The van der Waals surface area contributed by atoms with Crippen molar-refractivity contribution in [1.29, 1.82) is 0 Å². The number of fused-ring (bicyclic) bond motifs is 1. The number of rotatable bonds is 3. The minimum Gasteiger partial charge on any atom is -0.379 e. The summed E-state index contributed by atoms with van der Waals surface area (Å²) in [5.74, 6) is 0.239. The van der Waals surface area contributed by atoms with Crippen LogP contribution < -0.4 is 11.2 Å². The predicted octanol–water partition coefficient (Wildman–Crippen LogP) is -0.720. The van der Waals surface area contributed by atoms with Crippen LogP contribution in [-0.2, 0) is 23.6 Å². The Morgan fingerprint density at radius 2 is 1.89 bits per heavy atom. The van der Waals surface area contributed by atoms with Gasteiger partial charge in [0.15, 0.2) is 0 Å². The standard InChI is InChI=1S/C19H25N5O4/c1-21-17-14(18(26)22(2)19(21)27)3-4-15(20-17)13-5-6-24(11-13)16(25)12-23-7-9-28-10-8-23/h3-4,13H,5-12H2,1-2H3. The molecule has 4 heterocycles. The summed E-state index contributed by atoms with van der Waals surface area (Å²) in [6.07, 6.45) is 0.826. The predicted molar refractivity (Wildman–Crippen MR) is 103 cm³/mol. The molecule has 2 aliphatic rings. The molecule has 1 unspecified atom stereocenters. The molecular formula is C19H25N5O4. The molecule has 0 saturated carbocycles. The Balaban J connectivity index is 1.52. The van der Waals surface area contributed by atoms with E-state index in [1.807, 2.05) is 11.0 Å². The first-order chi connectivity index (χ1) is 13.5. The van der Waals surface area contributed by atoms with Crippen molar-refractivity contribution < 1.29 is 9.53 Å². The fourth-order valence-electron chi connectivity index (χ4n) is 3.97. The molecule has 9 heteroatoms. The van der Waals surface area contributed by atoms with Gasteiger partial charge in [-0.15, -0.1) is 0 Å². The molecule has 28 heavy (non-hydrogen) atoms. The van der Waals surface area contributed by atoms with E-state index in [4.69, 9.17) is 4.74 Å². The van der Waals surface area contributed by atoms with Crippen molar-refractivity contribution in [1.82, 2.24) is 23.9 Å². The number of likely N-dealkylation sites (tertiary alicyclic amines) is 1. The van der Waals surface area contributed by atoms with Crippen molar-refractivity contribution >= 4 is 16.9 Å². The van der Waals surface area contributed by atoms with E-state index >= 15 is 0 Å². The van der Waals surface area contributed by atoms with Crippen molar-refractivity contribution in [3.63, 3.8) is 0 Å². The molecule has 0 N–H and O–H groups in total. The van der Waals surface area contributed by atoms with E-state index in [-0.39, 0.29) is 17.4 Å². The van der Waals surface area contributed by atoms with Crippen LogP contribution in [0.25, 0.3) is 11.0 Å². The second-order valence-corrected chi connectivity index (χ2v) is 7.53. The molecule has 2 aromatic heterocycles. The number of aromatic nitrogens is 3. The molecule has 1 amide bonds. The fourth-order valence-corrected chi connectivity index (χ4v) is 3.97. The third-order valence-corrected chi connectivity index (χ3v) is 5.75. The SMILES string of the molecule is Cn1c(=O)c2ccc(C3CCN(C(=O)CN4CCOCC4)C3)nc2n(C)c1=O. The molecule has 150 valence electrons. The minimum atomic E-state index is -0.393. The summed E-state index contributed by atoms with van der Waals surface area (Å²) < 4.78 is 7.82. The maximum Gasteiger partial charge on any atom is 0.332 e. The second kappa shape index (κ2) is 7.48. The average Bonchev–Trinajstić information content (AvgIpc) is 3.21. The number of hydrogen-bond donors (Lipinski definition) is 0. The van der Waals surface area contributed by atoms with Gasteiger partial charge in [-0.25, -0.2) is 9.78 Å². The van der Waals surface area contributed by atoms with Gasteiger partial charge in [0.25, 0.3) is 5.56 Å². The van der Waals surface area contributed by atoms with Crippen molar-refractivity contribution in [2.24, 2.45) is 14.1 Å². The van der Waals surface area contributed by atoms with Crippen molar-refractivity contribution in [2.75, 3.05) is 45.9 Å². The lowest BCUT2D eigenvalue weighted by Gasteiger charge is -2.28. The smallest absolute Gasteiger partial charge is 0.332 e. The van der Waals surface area contributed by atoms with Crippen LogP contribution in [-0.4, -0.2) is 75.8 Å². The van der Waals surface area contributed by atoms with Crippen LogP contribution in [0.4, 0.5) is 0 Å². The Hall–Kier alpha value is -2.52. The fraction of sp³-hybridized carbons (Fsp3) is 0.579. The molecule has 2 aliphatic heterocycles. The molecule has 0 bridgehead atoms.